The summed E-state index contributed by atoms with van der Waals surface area (Å²) in [6.07, 6.45) is 4.22. The number of benzene rings is 1. The van der Waals surface area contributed by atoms with Crippen LogP contribution in [0.1, 0.15) is 30.5 Å². The topological polar surface area (TPSA) is 106 Å². The van der Waals surface area contributed by atoms with Crippen LogP contribution in [0.2, 0.25) is 0 Å². The smallest absolute Gasteiger partial charge is 0.222 e. The van der Waals surface area contributed by atoms with E-state index < -0.39 is 6.10 Å². The van der Waals surface area contributed by atoms with E-state index in [9.17, 15) is 9.90 Å². The van der Waals surface area contributed by atoms with Crippen molar-refractivity contribution < 1.29 is 24.1 Å². The molecule has 9 heteroatoms. The zero-order chi connectivity index (χ0) is 23.0. The fraction of sp³-hybridized carbons (Fsp3) is 0.542. The van der Waals surface area contributed by atoms with Crippen molar-refractivity contribution in [3.8, 4) is 5.75 Å². The van der Waals surface area contributed by atoms with Crippen LogP contribution in [0.4, 0.5) is 0 Å². The van der Waals surface area contributed by atoms with Crippen LogP contribution < -0.4 is 10.1 Å². The minimum absolute atomic E-state index is 0.0608. The Labute approximate surface area is 194 Å². The Balaban J connectivity index is 1.34. The number of ether oxygens (including phenoxy) is 3. The molecule has 1 aromatic heterocycles. The van der Waals surface area contributed by atoms with E-state index in [0.29, 0.717) is 32.7 Å². The lowest BCUT2D eigenvalue weighted by molar-refractivity contribution is -0.158. The predicted molar refractivity (Wildman–Crippen MR) is 120 cm³/mol. The molecule has 1 amide bonds. The Hall–Kier alpha value is -2.59. The van der Waals surface area contributed by atoms with Gasteiger partial charge in [0.15, 0.2) is 0 Å². The van der Waals surface area contributed by atoms with E-state index in [1.165, 1.54) is 6.33 Å². The quantitative estimate of drug-likeness (QED) is 0.642. The van der Waals surface area contributed by atoms with Crippen molar-refractivity contribution in [2.75, 3.05) is 26.9 Å². The number of methoxy groups -OCH3 is 1. The Morgan fingerprint density at radius 2 is 2.09 bits per heavy atom. The number of rotatable bonds is 7. The lowest BCUT2D eigenvalue weighted by Gasteiger charge is -2.44. The molecule has 0 unspecified atom stereocenters. The van der Waals surface area contributed by atoms with E-state index in [4.69, 9.17) is 14.2 Å². The number of β-amino-alcohol motifs (C(OH)–C–C–N with tert-alkyl or cyclic N) is 1. The first kappa shape index (κ1) is 23.6. The van der Waals surface area contributed by atoms with Crippen LogP contribution >= 0.6 is 0 Å². The highest BCUT2D eigenvalue weighted by Crippen LogP contribution is 2.29. The van der Waals surface area contributed by atoms with Gasteiger partial charge in [-0.15, -0.1) is 0 Å². The normalized spacial score (nSPS) is 26.0. The van der Waals surface area contributed by atoms with Crippen molar-refractivity contribution in [1.82, 2.24) is 20.2 Å². The highest BCUT2D eigenvalue weighted by atomic mass is 16.5. The summed E-state index contributed by atoms with van der Waals surface area (Å²) >= 11 is 0. The van der Waals surface area contributed by atoms with Crippen LogP contribution in [0.5, 0.6) is 5.75 Å². The van der Waals surface area contributed by atoms with Gasteiger partial charge in [-0.1, -0.05) is 12.1 Å². The number of hydrogen-bond donors (Lipinski definition) is 2. The monoisotopic (exact) mass is 456 g/mol. The number of aliphatic hydroxyl groups is 1. The lowest BCUT2D eigenvalue weighted by Crippen LogP contribution is -2.55. The molecular weight excluding hydrogens is 424 g/mol. The number of nitrogens with one attached hydrogen (secondary N) is 1. The maximum absolute atomic E-state index is 12.4. The van der Waals surface area contributed by atoms with E-state index in [1.807, 2.05) is 24.3 Å². The average Bonchev–Trinajstić information content (AvgIpc) is 2.83. The molecule has 0 aliphatic carbocycles. The number of amides is 1. The van der Waals surface area contributed by atoms with Gasteiger partial charge in [-0.25, -0.2) is 9.97 Å². The van der Waals surface area contributed by atoms with E-state index in [0.717, 1.165) is 29.8 Å². The maximum Gasteiger partial charge on any atom is 0.222 e. The third-order valence-electron chi connectivity index (χ3n) is 6.16. The summed E-state index contributed by atoms with van der Waals surface area (Å²) in [5.74, 6) is 0.758. The first-order chi connectivity index (χ1) is 16.1. The zero-order valence-electron chi connectivity index (χ0n) is 18.9. The van der Waals surface area contributed by atoms with Gasteiger partial charge < -0.3 is 24.6 Å². The largest absolute Gasteiger partial charge is 0.497 e. The molecule has 0 bridgehead atoms. The molecule has 0 saturated carbocycles. The predicted octanol–water partition coefficient (Wildman–Crippen LogP) is 1.30. The summed E-state index contributed by atoms with van der Waals surface area (Å²) < 4.78 is 17.3. The second-order valence-electron chi connectivity index (χ2n) is 8.59. The number of aliphatic hydroxyl groups excluding tert-OH is 1. The van der Waals surface area contributed by atoms with Gasteiger partial charge in [0.2, 0.25) is 5.91 Å². The molecule has 4 atom stereocenters. The summed E-state index contributed by atoms with van der Waals surface area (Å²) in [6, 6.07) is 9.88. The van der Waals surface area contributed by atoms with Gasteiger partial charge in [0.05, 0.1) is 57.3 Å². The molecule has 0 radical (unpaired) electrons. The van der Waals surface area contributed by atoms with Crippen LogP contribution in [0.15, 0.2) is 42.9 Å². The van der Waals surface area contributed by atoms with Crippen molar-refractivity contribution in [1.29, 1.82) is 0 Å². The summed E-state index contributed by atoms with van der Waals surface area (Å²) in [4.78, 5) is 22.7. The number of aromatic nitrogens is 2. The van der Waals surface area contributed by atoms with Crippen molar-refractivity contribution in [2.24, 2.45) is 0 Å². The fourth-order valence-corrected chi connectivity index (χ4v) is 4.48. The Morgan fingerprint density at radius 3 is 2.85 bits per heavy atom. The minimum Gasteiger partial charge on any atom is -0.497 e. The molecule has 3 heterocycles. The van der Waals surface area contributed by atoms with Crippen molar-refractivity contribution >= 4 is 5.91 Å². The minimum atomic E-state index is -0.547. The average molecular weight is 457 g/mol. The first-order valence-corrected chi connectivity index (χ1v) is 11.4. The van der Waals surface area contributed by atoms with E-state index in [2.05, 4.69) is 20.2 Å². The molecule has 2 fully saturated rings. The van der Waals surface area contributed by atoms with Crippen molar-refractivity contribution in [2.45, 2.75) is 56.7 Å². The molecule has 2 saturated heterocycles. The molecule has 2 aromatic rings. The molecule has 4 rings (SSSR count). The molecular formula is C24H32N4O5. The number of nitrogens with zero attached hydrogens (tertiary/aromatic N) is 3. The Kier molecular flexibility index (Phi) is 8.22. The molecule has 2 aliphatic rings. The van der Waals surface area contributed by atoms with Gasteiger partial charge in [0.25, 0.3) is 0 Å². The lowest BCUT2D eigenvalue weighted by atomic mass is 9.94. The number of carbonyl (C=O) groups excluding carboxylic acids is 1. The SMILES string of the molecule is COc1ccc(CN2C[C@@H](O)COC[C@H]3O[C@H](CC(=O)NCc4ccncn4)CC[C@@H]32)cc1. The second kappa shape index (κ2) is 11.5. The molecule has 178 valence electrons. The third-order valence-corrected chi connectivity index (χ3v) is 6.16. The molecule has 2 aliphatic heterocycles. The van der Waals surface area contributed by atoms with Gasteiger partial charge in [-0.2, -0.15) is 0 Å². The standard InChI is InChI=1S/C24H32N4O5/c1-31-20-4-2-17(3-5-20)12-28-13-19(29)14-32-15-23-22(28)7-6-21(33-23)10-24(30)26-11-18-8-9-25-16-27-18/h2-5,8-9,16,19,21-23,29H,6-7,10-15H2,1H3,(H,26,30)/t19-,21+,22+,23-/m1/s1. The van der Waals surface area contributed by atoms with Gasteiger partial charge in [-0.05, 0) is 36.6 Å². The summed E-state index contributed by atoms with van der Waals surface area (Å²) in [5.41, 5.74) is 1.92. The van der Waals surface area contributed by atoms with Gasteiger partial charge >= 0.3 is 0 Å². The van der Waals surface area contributed by atoms with Gasteiger partial charge in [0, 0.05) is 25.3 Å². The number of fused-ring (bicyclic) bond motifs is 1. The van der Waals surface area contributed by atoms with Crippen LogP contribution in [0.3, 0.4) is 0 Å². The van der Waals surface area contributed by atoms with Gasteiger partial charge in [0.1, 0.15) is 12.1 Å². The molecule has 0 spiro atoms. The highest BCUT2D eigenvalue weighted by molar-refractivity contribution is 5.76. The van der Waals surface area contributed by atoms with E-state index in [-0.39, 0.29) is 30.8 Å². The van der Waals surface area contributed by atoms with Crippen molar-refractivity contribution in [3.63, 3.8) is 0 Å². The zero-order valence-corrected chi connectivity index (χ0v) is 18.9. The van der Waals surface area contributed by atoms with Crippen LogP contribution in [-0.4, -0.2) is 77.1 Å². The highest BCUT2D eigenvalue weighted by Gasteiger charge is 2.38. The van der Waals surface area contributed by atoms with Crippen LogP contribution in [0.25, 0.3) is 0 Å². The van der Waals surface area contributed by atoms with Crippen LogP contribution in [-0.2, 0) is 27.4 Å². The Bertz CT molecular complexity index is 882. The molecule has 9 nitrogen and oxygen atoms in total. The molecule has 2 N–H and O–H groups in total. The van der Waals surface area contributed by atoms with Crippen molar-refractivity contribution in [3.05, 3.63) is 54.1 Å². The van der Waals surface area contributed by atoms with Gasteiger partial charge in [-0.3, -0.25) is 9.69 Å². The summed E-state index contributed by atoms with van der Waals surface area (Å²) in [7, 11) is 1.65. The first-order valence-electron chi connectivity index (χ1n) is 11.4. The summed E-state index contributed by atoms with van der Waals surface area (Å²) in [5, 5.41) is 13.3. The Morgan fingerprint density at radius 1 is 1.24 bits per heavy atom. The number of carbonyl (C=O) groups is 1. The molecule has 1 aromatic carbocycles. The number of hydrogen-bond acceptors (Lipinski definition) is 8. The van der Waals surface area contributed by atoms with E-state index in [1.54, 1.807) is 19.4 Å². The summed E-state index contributed by atoms with van der Waals surface area (Å²) in [6.45, 7) is 2.27. The maximum atomic E-state index is 12.4. The van der Waals surface area contributed by atoms with E-state index >= 15 is 0 Å². The second-order valence-corrected chi connectivity index (χ2v) is 8.59. The molecule has 33 heavy (non-hydrogen) atoms. The fourth-order valence-electron chi connectivity index (χ4n) is 4.48. The third kappa shape index (κ3) is 6.70. The van der Waals surface area contributed by atoms with Crippen LogP contribution in [0, 0.1) is 0 Å².